The van der Waals surface area contributed by atoms with E-state index in [1.165, 1.54) is 11.1 Å². The molecule has 178 valence electrons. The third kappa shape index (κ3) is 4.77. The fraction of sp³-hybridized carbons (Fsp3) is 0.522. The van der Waals surface area contributed by atoms with Gasteiger partial charge in [0, 0.05) is 24.5 Å². The largest absolute Gasteiger partial charge is 0.467 e. The van der Waals surface area contributed by atoms with Gasteiger partial charge in [0.25, 0.3) is 0 Å². The molecule has 9 nitrogen and oxygen atoms in total. The second-order valence-electron chi connectivity index (χ2n) is 8.54. The zero-order chi connectivity index (χ0) is 22.1. The molecule has 0 radical (unpaired) electrons. The summed E-state index contributed by atoms with van der Waals surface area (Å²) in [7, 11) is 1.57. The van der Waals surface area contributed by atoms with Gasteiger partial charge in [0.1, 0.15) is 5.82 Å². The van der Waals surface area contributed by atoms with Crippen LogP contribution in [-0.4, -0.2) is 77.5 Å². The highest BCUT2D eigenvalue weighted by Crippen LogP contribution is 2.32. The minimum Gasteiger partial charge on any atom is -0.467 e. The Hall–Kier alpha value is -2.46. The molecule has 4 heterocycles. The molecule has 2 saturated heterocycles. The quantitative estimate of drug-likeness (QED) is 0.581. The van der Waals surface area contributed by atoms with E-state index in [0.29, 0.717) is 37.4 Å². The Morgan fingerprint density at radius 2 is 1.97 bits per heavy atom. The average molecular weight is 475 g/mol. The number of halogens is 1. The number of aliphatic hydroxyl groups is 1. The number of piperidine rings is 1. The summed E-state index contributed by atoms with van der Waals surface area (Å²) in [4.78, 5) is 11.2. The second kappa shape index (κ2) is 10.2. The van der Waals surface area contributed by atoms with Crippen molar-refractivity contribution in [3.05, 3.63) is 35.5 Å². The molecule has 0 unspecified atom stereocenters. The first-order valence-corrected chi connectivity index (χ1v) is 11.3. The molecule has 1 aromatic carbocycles. The minimum absolute atomic E-state index is 0. The van der Waals surface area contributed by atoms with Crippen LogP contribution in [0.1, 0.15) is 29.9 Å². The Labute approximate surface area is 199 Å². The van der Waals surface area contributed by atoms with Crippen LogP contribution >= 0.6 is 12.4 Å². The van der Waals surface area contributed by atoms with Crippen LogP contribution in [0.25, 0.3) is 16.7 Å². The predicted octanol–water partition coefficient (Wildman–Crippen LogP) is 2.22. The molecule has 0 aliphatic carbocycles. The maximum absolute atomic E-state index is 9.51. The third-order valence-electron chi connectivity index (χ3n) is 6.48. The maximum Gasteiger partial charge on any atom is 0.320 e. The van der Waals surface area contributed by atoms with Gasteiger partial charge in [0.05, 0.1) is 38.1 Å². The number of fused-ring (bicyclic) bond motifs is 1. The topological polar surface area (TPSA) is 97.6 Å². The number of aryl methyl sites for hydroxylation is 1. The number of anilines is 1. The summed E-state index contributed by atoms with van der Waals surface area (Å²) >= 11 is 0. The zero-order valence-electron chi connectivity index (χ0n) is 19.0. The summed E-state index contributed by atoms with van der Waals surface area (Å²) < 4.78 is 12.9. The molecule has 2 aliphatic rings. The highest BCUT2D eigenvalue weighted by atomic mass is 35.5. The lowest BCUT2D eigenvalue weighted by atomic mass is 9.87. The molecule has 3 aromatic rings. The molecule has 2 aromatic heterocycles. The fourth-order valence-corrected chi connectivity index (χ4v) is 4.76. The number of aromatic nitrogens is 4. The van der Waals surface area contributed by atoms with E-state index in [2.05, 4.69) is 44.3 Å². The Morgan fingerprint density at radius 3 is 2.73 bits per heavy atom. The number of benzene rings is 1. The van der Waals surface area contributed by atoms with Crippen LogP contribution in [0.2, 0.25) is 0 Å². The first kappa shape index (κ1) is 23.7. The van der Waals surface area contributed by atoms with Gasteiger partial charge >= 0.3 is 6.01 Å². The van der Waals surface area contributed by atoms with E-state index in [1.54, 1.807) is 7.11 Å². The van der Waals surface area contributed by atoms with E-state index in [-0.39, 0.29) is 25.1 Å². The maximum atomic E-state index is 9.51. The summed E-state index contributed by atoms with van der Waals surface area (Å²) in [5.41, 5.74) is 3.74. The molecule has 0 spiro atoms. The number of rotatable bonds is 5. The monoisotopic (exact) mass is 474 g/mol. The smallest absolute Gasteiger partial charge is 0.320 e. The van der Waals surface area contributed by atoms with Crippen molar-refractivity contribution < 1.29 is 14.6 Å². The lowest BCUT2D eigenvalue weighted by Crippen LogP contribution is -2.44. The first-order valence-electron chi connectivity index (χ1n) is 11.3. The van der Waals surface area contributed by atoms with Crippen LogP contribution in [0.5, 0.6) is 6.01 Å². The second-order valence-corrected chi connectivity index (χ2v) is 8.54. The van der Waals surface area contributed by atoms with Gasteiger partial charge in [0.2, 0.25) is 0 Å². The van der Waals surface area contributed by atoms with Gasteiger partial charge in [-0.2, -0.15) is 15.1 Å². The highest BCUT2D eigenvalue weighted by Gasteiger charge is 2.23. The summed E-state index contributed by atoms with van der Waals surface area (Å²) in [5, 5.41) is 18.7. The number of ether oxygens (including phenoxy) is 2. The number of aliphatic hydroxyl groups excluding tert-OH is 1. The Balaban J connectivity index is 0.00000259. The van der Waals surface area contributed by atoms with Crippen molar-refractivity contribution in [3.8, 4) is 11.8 Å². The van der Waals surface area contributed by atoms with Gasteiger partial charge in [0.15, 0.2) is 5.82 Å². The van der Waals surface area contributed by atoms with Crippen LogP contribution in [0.4, 0.5) is 5.82 Å². The molecule has 0 saturated carbocycles. The normalized spacial score (nSPS) is 19.5. The van der Waals surface area contributed by atoms with Crippen molar-refractivity contribution >= 4 is 29.1 Å². The molecule has 33 heavy (non-hydrogen) atoms. The van der Waals surface area contributed by atoms with Crippen molar-refractivity contribution in [3.63, 3.8) is 0 Å². The van der Waals surface area contributed by atoms with Crippen LogP contribution in [-0.2, 0) is 4.74 Å². The molecule has 10 heteroatoms. The number of nitrogens with one attached hydrogen (secondary N) is 1. The predicted molar refractivity (Wildman–Crippen MR) is 129 cm³/mol. The van der Waals surface area contributed by atoms with Gasteiger partial charge < -0.3 is 24.8 Å². The summed E-state index contributed by atoms with van der Waals surface area (Å²) in [6.45, 7) is 6.08. The van der Waals surface area contributed by atoms with E-state index in [9.17, 15) is 5.11 Å². The SMILES string of the molecule is COc1nc(N2CCO[C@@H](CO)C2)cc(-n2ncc3cc(C)c(C4CCNCC4)cc32)n1.Cl. The van der Waals surface area contributed by atoms with Crippen LogP contribution in [0.3, 0.4) is 0 Å². The number of nitrogens with zero attached hydrogens (tertiary/aromatic N) is 5. The summed E-state index contributed by atoms with van der Waals surface area (Å²) in [5.74, 6) is 1.96. The number of hydrogen-bond acceptors (Lipinski definition) is 8. The molecule has 0 amide bonds. The molecule has 2 fully saturated rings. The minimum atomic E-state index is -0.228. The summed E-state index contributed by atoms with van der Waals surface area (Å²) in [6, 6.07) is 6.72. The Bertz CT molecular complexity index is 1100. The molecule has 2 aliphatic heterocycles. The zero-order valence-corrected chi connectivity index (χ0v) is 19.8. The molecular weight excluding hydrogens is 444 g/mol. The van der Waals surface area contributed by atoms with Crippen LogP contribution < -0.4 is 15.0 Å². The van der Waals surface area contributed by atoms with Gasteiger partial charge in [-0.15, -0.1) is 12.4 Å². The summed E-state index contributed by atoms with van der Waals surface area (Å²) in [6.07, 6.45) is 3.96. The van der Waals surface area contributed by atoms with Crippen molar-refractivity contribution in [2.75, 3.05) is 51.4 Å². The highest BCUT2D eigenvalue weighted by molar-refractivity contribution is 5.85. The van der Waals surface area contributed by atoms with Crippen LogP contribution in [0.15, 0.2) is 24.4 Å². The molecule has 1 atom stereocenters. The third-order valence-corrected chi connectivity index (χ3v) is 6.48. The van der Waals surface area contributed by atoms with Crippen molar-refractivity contribution in [2.45, 2.75) is 31.8 Å². The van der Waals surface area contributed by atoms with E-state index in [4.69, 9.17) is 9.47 Å². The standard InChI is InChI=1S/C23H30N6O3.ClH/c1-15-9-17-12-25-29(20(17)10-19(15)16-3-5-24-6-4-16)22-11-21(26-23(27-22)31-2)28-7-8-32-18(13-28)14-30;/h9-12,16,18,24,30H,3-8,13-14H2,1-2H3;1H/t18-;/m1./s1. The van der Waals surface area contributed by atoms with E-state index in [0.717, 1.165) is 42.7 Å². The van der Waals surface area contributed by atoms with Crippen molar-refractivity contribution in [1.82, 2.24) is 25.1 Å². The number of hydrogen-bond donors (Lipinski definition) is 2. The van der Waals surface area contributed by atoms with E-state index < -0.39 is 0 Å². The van der Waals surface area contributed by atoms with Crippen molar-refractivity contribution in [2.24, 2.45) is 0 Å². The van der Waals surface area contributed by atoms with Gasteiger partial charge in [-0.25, -0.2) is 4.68 Å². The molecule has 5 rings (SSSR count). The average Bonchev–Trinajstić information content (AvgIpc) is 3.26. The Kier molecular flexibility index (Phi) is 7.33. The van der Waals surface area contributed by atoms with E-state index in [1.807, 2.05) is 16.9 Å². The van der Waals surface area contributed by atoms with Gasteiger partial charge in [-0.05, 0) is 62.0 Å². The lowest BCUT2D eigenvalue weighted by molar-refractivity contribution is 0.00333. The number of methoxy groups -OCH3 is 1. The lowest BCUT2D eigenvalue weighted by Gasteiger charge is -2.33. The first-order chi connectivity index (χ1) is 15.7. The van der Waals surface area contributed by atoms with Gasteiger partial charge in [-0.3, -0.25) is 0 Å². The van der Waals surface area contributed by atoms with Crippen LogP contribution in [0, 0.1) is 6.92 Å². The number of morpholine rings is 1. The van der Waals surface area contributed by atoms with Gasteiger partial charge in [-0.1, -0.05) is 0 Å². The molecular formula is C23H31ClN6O3. The molecule has 2 N–H and O–H groups in total. The van der Waals surface area contributed by atoms with Crippen molar-refractivity contribution in [1.29, 1.82) is 0 Å². The Morgan fingerprint density at radius 1 is 1.18 bits per heavy atom. The fourth-order valence-electron chi connectivity index (χ4n) is 4.76. The van der Waals surface area contributed by atoms with E-state index >= 15 is 0 Å². The molecule has 0 bridgehead atoms.